The second kappa shape index (κ2) is 6.48. The Kier molecular flexibility index (Phi) is 4.43. The number of aromatic nitrogens is 1. The average molecular weight is 315 g/mol. The van der Waals surface area contributed by atoms with Gasteiger partial charge < -0.3 is 10.2 Å². The summed E-state index contributed by atoms with van der Waals surface area (Å²) in [6, 6.07) is 8.12. The van der Waals surface area contributed by atoms with Crippen molar-refractivity contribution in [1.82, 2.24) is 4.98 Å². The van der Waals surface area contributed by atoms with E-state index in [4.69, 9.17) is 0 Å². The van der Waals surface area contributed by atoms with Gasteiger partial charge in [0.2, 0.25) is 0 Å². The van der Waals surface area contributed by atoms with Crippen molar-refractivity contribution in [3.63, 3.8) is 0 Å². The van der Waals surface area contributed by atoms with Gasteiger partial charge in [0.25, 0.3) is 5.91 Å². The maximum Gasteiger partial charge on any atom is 0.267 e. The molecule has 1 aliphatic heterocycles. The van der Waals surface area contributed by atoms with Gasteiger partial charge in [-0.05, 0) is 49.9 Å². The van der Waals surface area contributed by atoms with E-state index in [0.29, 0.717) is 4.88 Å². The number of carbonyl (C=O) groups is 1. The largest absolute Gasteiger partial charge is 0.372 e. The van der Waals surface area contributed by atoms with Crippen LogP contribution >= 0.6 is 11.3 Å². The number of carbonyl (C=O) groups excluding carboxylic acids is 1. The SMILES string of the molecule is Cc1ncsc1C(=O)Nc1ccc(N2CCC(C)CC2)cc1. The Hall–Kier alpha value is -1.88. The minimum atomic E-state index is -0.0838. The van der Waals surface area contributed by atoms with Crippen LogP contribution in [0.5, 0.6) is 0 Å². The first-order chi connectivity index (χ1) is 10.6. The number of thiazole rings is 1. The fourth-order valence-corrected chi connectivity index (χ4v) is 3.43. The molecule has 0 aliphatic carbocycles. The van der Waals surface area contributed by atoms with Gasteiger partial charge in [-0.2, -0.15) is 0 Å². The van der Waals surface area contributed by atoms with Crippen molar-refractivity contribution < 1.29 is 4.79 Å². The number of benzene rings is 1. The van der Waals surface area contributed by atoms with Crippen LogP contribution in [-0.2, 0) is 0 Å². The molecule has 1 aromatic heterocycles. The quantitative estimate of drug-likeness (QED) is 0.933. The average Bonchev–Trinajstić information content (AvgIpc) is 2.95. The summed E-state index contributed by atoms with van der Waals surface area (Å²) >= 11 is 1.37. The van der Waals surface area contributed by atoms with E-state index in [1.54, 1.807) is 5.51 Å². The highest BCUT2D eigenvalue weighted by Crippen LogP contribution is 2.24. The summed E-state index contributed by atoms with van der Waals surface area (Å²) in [5.74, 6) is 0.747. The molecule has 116 valence electrons. The molecule has 5 heteroatoms. The van der Waals surface area contributed by atoms with E-state index < -0.39 is 0 Å². The Bertz CT molecular complexity index is 642. The molecule has 4 nitrogen and oxygen atoms in total. The molecule has 1 amide bonds. The summed E-state index contributed by atoms with van der Waals surface area (Å²) < 4.78 is 0. The zero-order valence-corrected chi connectivity index (χ0v) is 13.8. The fraction of sp³-hybridized carbons (Fsp3) is 0.412. The molecule has 0 saturated carbocycles. The van der Waals surface area contributed by atoms with Crippen LogP contribution < -0.4 is 10.2 Å². The van der Waals surface area contributed by atoms with Gasteiger partial charge in [-0.15, -0.1) is 11.3 Å². The summed E-state index contributed by atoms with van der Waals surface area (Å²) in [6.45, 7) is 6.41. The van der Waals surface area contributed by atoms with E-state index in [-0.39, 0.29) is 5.91 Å². The van der Waals surface area contributed by atoms with Gasteiger partial charge in [-0.3, -0.25) is 4.79 Å². The first kappa shape index (κ1) is 15.0. The van der Waals surface area contributed by atoms with Gasteiger partial charge >= 0.3 is 0 Å². The number of hydrogen-bond acceptors (Lipinski definition) is 4. The molecule has 0 unspecified atom stereocenters. The number of anilines is 2. The molecular formula is C17H21N3OS. The zero-order chi connectivity index (χ0) is 15.5. The Balaban J connectivity index is 1.64. The van der Waals surface area contributed by atoms with Gasteiger partial charge in [0.05, 0.1) is 11.2 Å². The number of nitrogens with zero attached hydrogens (tertiary/aromatic N) is 2. The third kappa shape index (κ3) is 3.30. The first-order valence-electron chi connectivity index (χ1n) is 7.70. The topological polar surface area (TPSA) is 45.2 Å². The van der Waals surface area contributed by atoms with E-state index in [2.05, 4.69) is 34.3 Å². The number of hydrogen-bond donors (Lipinski definition) is 1. The normalized spacial score (nSPS) is 15.8. The molecule has 0 bridgehead atoms. The van der Waals surface area contributed by atoms with Crippen molar-refractivity contribution in [1.29, 1.82) is 0 Å². The lowest BCUT2D eigenvalue weighted by atomic mass is 9.99. The Morgan fingerprint density at radius 3 is 2.55 bits per heavy atom. The van der Waals surface area contributed by atoms with E-state index in [1.165, 1.54) is 29.9 Å². The number of nitrogens with one attached hydrogen (secondary N) is 1. The lowest BCUT2D eigenvalue weighted by molar-refractivity contribution is 0.103. The maximum absolute atomic E-state index is 12.2. The van der Waals surface area contributed by atoms with E-state index in [1.807, 2.05) is 19.1 Å². The summed E-state index contributed by atoms with van der Waals surface area (Å²) in [5, 5.41) is 2.94. The summed E-state index contributed by atoms with van der Waals surface area (Å²) in [5.41, 5.74) is 4.54. The van der Waals surface area contributed by atoms with Gasteiger partial charge in [0, 0.05) is 24.5 Å². The van der Waals surface area contributed by atoms with Crippen LogP contribution in [0.25, 0.3) is 0 Å². The van der Waals surface area contributed by atoms with Crippen LogP contribution in [0.2, 0.25) is 0 Å². The summed E-state index contributed by atoms with van der Waals surface area (Å²) in [6.07, 6.45) is 2.51. The molecular weight excluding hydrogens is 294 g/mol. The molecule has 0 radical (unpaired) electrons. The molecule has 1 fully saturated rings. The highest BCUT2D eigenvalue weighted by atomic mass is 32.1. The molecule has 1 saturated heterocycles. The van der Waals surface area contributed by atoms with Crippen molar-refractivity contribution in [2.75, 3.05) is 23.3 Å². The number of amides is 1. The predicted molar refractivity (Wildman–Crippen MR) is 91.9 cm³/mol. The van der Waals surface area contributed by atoms with E-state index in [0.717, 1.165) is 30.4 Å². The van der Waals surface area contributed by atoms with Crippen molar-refractivity contribution in [3.05, 3.63) is 40.3 Å². The smallest absolute Gasteiger partial charge is 0.267 e. The van der Waals surface area contributed by atoms with Crippen LogP contribution in [0.4, 0.5) is 11.4 Å². The zero-order valence-electron chi connectivity index (χ0n) is 13.0. The molecule has 0 spiro atoms. The Labute approximate surface area is 135 Å². The molecule has 1 aromatic carbocycles. The summed E-state index contributed by atoms with van der Waals surface area (Å²) in [7, 11) is 0. The van der Waals surface area contributed by atoms with E-state index >= 15 is 0 Å². The Morgan fingerprint density at radius 1 is 1.27 bits per heavy atom. The van der Waals surface area contributed by atoms with Crippen molar-refractivity contribution in [2.45, 2.75) is 26.7 Å². The fourth-order valence-electron chi connectivity index (χ4n) is 2.73. The van der Waals surface area contributed by atoms with Crippen LogP contribution in [-0.4, -0.2) is 24.0 Å². The van der Waals surface area contributed by atoms with Crippen LogP contribution in [0.1, 0.15) is 35.1 Å². The van der Waals surface area contributed by atoms with Gasteiger partial charge in [-0.25, -0.2) is 4.98 Å². The molecule has 1 aliphatic rings. The summed E-state index contributed by atoms with van der Waals surface area (Å²) in [4.78, 5) is 19.4. The van der Waals surface area contributed by atoms with E-state index in [9.17, 15) is 4.79 Å². The molecule has 22 heavy (non-hydrogen) atoms. The molecule has 2 aromatic rings. The minimum Gasteiger partial charge on any atom is -0.372 e. The van der Waals surface area contributed by atoms with Gasteiger partial charge in [0.1, 0.15) is 4.88 Å². The van der Waals surface area contributed by atoms with Crippen LogP contribution in [0.15, 0.2) is 29.8 Å². The number of aryl methyl sites for hydroxylation is 1. The van der Waals surface area contributed by atoms with Crippen molar-refractivity contribution in [2.24, 2.45) is 5.92 Å². The molecule has 3 rings (SSSR count). The second-order valence-electron chi connectivity index (χ2n) is 5.94. The van der Waals surface area contributed by atoms with Crippen molar-refractivity contribution in [3.8, 4) is 0 Å². The lowest BCUT2D eigenvalue weighted by Gasteiger charge is -2.32. The minimum absolute atomic E-state index is 0.0838. The standard InChI is InChI=1S/C17H21N3OS/c1-12-7-9-20(10-8-12)15-5-3-14(4-6-15)19-17(21)16-13(2)18-11-22-16/h3-6,11-12H,7-10H2,1-2H3,(H,19,21). The highest BCUT2D eigenvalue weighted by molar-refractivity contribution is 7.12. The molecule has 0 atom stereocenters. The third-order valence-corrected chi connectivity index (χ3v) is 5.15. The number of rotatable bonds is 3. The lowest BCUT2D eigenvalue weighted by Crippen LogP contribution is -2.32. The highest BCUT2D eigenvalue weighted by Gasteiger charge is 2.16. The van der Waals surface area contributed by atoms with Crippen molar-refractivity contribution >= 4 is 28.6 Å². The third-order valence-electron chi connectivity index (χ3n) is 4.23. The maximum atomic E-state index is 12.2. The van der Waals surface area contributed by atoms with Crippen LogP contribution in [0, 0.1) is 12.8 Å². The van der Waals surface area contributed by atoms with Crippen LogP contribution in [0.3, 0.4) is 0 Å². The van der Waals surface area contributed by atoms with Gasteiger partial charge in [0.15, 0.2) is 0 Å². The predicted octanol–water partition coefficient (Wildman–Crippen LogP) is 3.94. The number of piperidine rings is 1. The first-order valence-corrected chi connectivity index (χ1v) is 8.58. The molecule has 2 heterocycles. The Morgan fingerprint density at radius 2 is 1.95 bits per heavy atom. The second-order valence-corrected chi connectivity index (χ2v) is 6.79. The van der Waals surface area contributed by atoms with Gasteiger partial charge in [-0.1, -0.05) is 6.92 Å². The molecule has 1 N–H and O–H groups in total. The monoisotopic (exact) mass is 315 g/mol.